The number of rotatable bonds is 6. The average Bonchev–Trinajstić information content (AvgIpc) is 2.31. The van der Waals surface area contributed by atoms with Crippen LogP contribution in [0.15, 0.2) is 24.3 Å². The number of benzene rings is 1. The van der Waals surface area contributed by atoms with Gasteiger partial charge in [-0.25, -0.2) is 0 Å². The molecule has 1 heteroatoms. The third-order valence-corrected chi connectivity index (χ3v) is 3.57. The number of hydrogen-bond acceptors (Lipinski definition) is 1. The lowest BCUT2D eigenvalue weighted by molar-refractivity contribution is 0.366. The zero-order chi connectivity index (χ0) is 15.2. The molecule has 114 valence electrons. The minimum atomic E-state index is 0.420. The molecule has 0 heterocycles. The summed E-state index contributed by atoms with van der Waals surface area (Å²) >= 11 is 0. The highest BCUT2D eigenvalue weighted by Gasteiger charge is 2.10. The van der Waals surface area contributed by atoms with E-state index in [2.05, 4.69) is 71.1 Å². The fraction of sp³-hybridized carbons (Fsp3) is 0.684. The zero-order valence-electron chi connectivity index (χ0n) is 14.3. The molecular weight excluding hydrogens is 242 g/mol. The Kier molecular flexibility index (Phi) is 6.26. The molecule has 0 saturated heterocycles. The molecule has 1 aromatic rings. The van der Waals surface area contributed by atoms with Crippen LogP contribution in [-0.2, 0) is 13.0 Å². The molecule has 0 atom stereocenters. The second-order valence-electron chi connectivity index (χ2n) is 8.36. The molecule has 1 rings (SSSR count). The summed E-state index contributed by atoms with van der Waals surface area (Å²) in [5.74, 6) is 0. The second kappa shape index (κ2) is 7.26. The lowest BCUT2D eigenvalue weighted by atomic mass is 9.88. The van der Waals surface area contributed by atoms with Crippen molar-refractivity contribution in [1.29, 1.82) is 0 Å². The van der Waals surface area contributed by atoms with Gasteiger partial charge in [0.25, 0.3) is 0 Å². The van der Waals surface area contributed by atoms with Gasteiger partial charge in [-0.15, -0.1) is 0 Å². The Morgan fingerprint density at radius 1 is 0.750 bits per heavy atom. The minimum Gasteiger partial charge on any atom is -0.313 e. The van der Waals surface area contributed by atoms with Gasteiger partial charge in [0.05, 0.1) is 0 Å². The highest BCUT2D eigenvalue weighted by molar-refractivity contribution is 5.22. The predicted molar refractivity (Wildman–Crippen MR) is 90.0 cm³/mol. The van der Waals surface area contributed by atoms with E-state index >= 15 is 0 Å². The molecule has 1 N–H and O–H groups in total. The van der Waals surface area contributed by atoms with Crippen molar-refractivity contribution >= 4 is 0 Å². The third kappa shape index (κ3) is 8.37. The van der Waals surface area contributed by atoms with Crippen LogP contribution >= 0.6 is 0 Å². The summed E-state index contributed by atoms with van der Waals surface area (Å²) < 4.78 is 0. The van der Waals surface area contributed by atoms with Gasteiger partial charge < -0.3 is 5.32 Å². The van der Waals surface area contributed by atoms with Gasteiger partial charge in [0, 0.05) is 6.54 Å². The van der Waals surface area contributed by atoms with Crippen LogP contribution in [0.1, 0.15) is 65.5 Å². The van der Waals surface area contributed by atoms with E-state index in [1.54, 1.807) is 0 Å². The maximum Gasteiger partial charge on any atom is 0.0205 e. The molecular formula is C19H33N. The first-order valence-corrected chi connectivity index (χ1v) is 7.94. The fourth-order valence-electron chi connectivity index (χ4n) is 2.04. The standard InChI is InChI=1S/C19H33N/c1-18(2,3)12-11-16-7-9-17(10-8-16)15-20-14-13-19(4,5)6/h7-10,20H,11-15H2,1-6H3. The van der Waals surface area contributed by atoms with E-state index in [1.165, 1.54) is 30.4 Å². The topological polar surface area (TPSA) is 12.0 Å². The summed E-state index contributed by atoms with van der Waals surface area (Å²) in [5, 5.41) is 3.53. The lowest BCUT2D eigenvalue weighted by Crippen LogP contribution is -2.20. The first kappa shape index (κ1) is 17.2. The van der Waals surface area contributed by atoms with Crippen LogP contribution in [0.4, 0.5) is 0 Å². The van der Waals surface area contributed by atoms with E-state index < -0.39 is 0 Å². The van der Waals surface area contributed by atoms with Crippen LogP contribution in [0.5, 0.6) is 0 Å². The van der Waals surface area contributed by atoms with Gasteiger partial charge >= 0.3 is 0 Å². The summed E-state index contributed by atoms with van der Waals surface area (Å²) in [5.41, 5.74) is 3.69. The Morgan fingerprint density at radius 2 is 1.25 bits per heavy atom. The van der Waals surface area contributed by atoms with E-state index in [0.29, 0.717) is 10.8 Å². The quantitative estimate of drug-likeness (QED) is 0.704. The van der Waals surface area contributed by atoms with Crippen LogP contribution in [0.25, 0.3) is 0 Å². The Bertz CT molecular complexity index is 376. The summed E-state index contributed by atoms with van der Waals surface area (Å²) in [6.07, 6.45) is 3.65. The Morgan fingerprint density at radius 3 is 1.75 bits per heavy atom. The molecule has 0 aliphatic carbocycles. The molecule has 0 unspecified atom stereocenters. The number of nitrogens with one attached hydrogen (secondary N) is 1. The van der Waals surface area contributed by atoms with Crippen LogP contribution < -0.4 is 5.32 Å². The normalized spacial score (nSPS) is 12.7. The van der Waals surface area contributed by atoms with Crippen molar-refractivity contribution in [2.45, 2.75) is 67.3 Å². The lowest BCUT2D eigenvalue weighted by Gasteiger charge is -2.18. The second-order valence-corrected chi connectivity index (χ2v) is 8.36. The minimum absolute atomic E-state index is 0.420. The van der Waals surface area contributed by atoms with Crippen LogP contribution in [0, 0.1) is 10.8 Å². The van der Waals surface area contributed by atoms with Crippen molar-refractivity contribution in [2.75, 3.05) is 6.54 Å². The Hall–Kier alpha value is -0.820. The molecule has 1 aromatic carbocycles. The summed E-state index contributed by atoms with van der Waals surface area (Å²) in [6, 6.07) is 9.10. The summed E-state index contributed by atoms with van der Waals surface area (Å²) in [4.78, 5) is 0. The smallest absolute Gasteiger partial charge is 0.0205 e. The van der Waals surface area contributed by atoms with Crippen molar-refractivity contribution in [3.8, 4) is 0 Å². The van der Waals surface area contributed by atoms with E-state index in [1.807, 2.05) is 0 Å². The third-order valence-electron chi connectivity index (χ3n) is 3.57. The summed E-state index contributed by atoms with van der Waals surface area (Å²) in [7, 11) is 0. The van der Waals surface area contributed by atoms with Gasteiger partial charge in [0.1, 0.15) is 0 Å². The van der Waals surface area contributed by atoms with Crippen molar-refractivity contribution in [1.82, 2.24) is 5.32 Å². The van der Waals surface area contributed by atoms with Crippen LogP contribution in [0.3, 0.4) is 0 Å². The largest absolute Gasteiger partial charge is 0.313 e. The SMILES string of the molecule is CC(C)(C)CCNCc1ccc(CCC(C)(C)C)cc1. The molecule has 0 radical (unpaired) electrons. The zero-order valence-corrected chi connectivity index (χ0v) is 14.3. The van der Waals surface area contributed by atoms with E-state index in [0.717, 1.165) is 13.1 Å². The molecule has 0 saturated carbocycles. The van der Waals surface area contributed by atoms with Crippen molar-refractivity contribution in [3.05, 3.63) is 35.4 Å². The Balaban J connectivity index is 2.32. The highest BCUT2D eigenvalue weighted by atomic mass is 14.8. The van der Waals surface area contributed by atoms with Crippen molar-refractivity contribution in [2.24, 2.45) is 10.8 Å². The molecule has 1 nitrogen and oxygen atoms in total. The van der Waals surface area contributed by atoms with Gasteiger partial charge in [-0.05, 0) is 47.8 Å². The number of aryl methyl sites for hydroxylation is 1. The summed E-state index contributed by atoms with van der Waals surface area (Å²) in [6.45, 7) is 15.9. The van der Waals surface area contributed by atoms with Gasteiger partial charge in [0.15, 0.2) is 0 Å². The molecule has 0 aliphatic heterocycles. The van der Waals surface area contributed by atoms with Crippen LogP contribution in [-0.4, -0.2) is 6.54 Å². The molecule has 20 heavy (non-hydrogen) atoms. The van der Waals surface area contributed by atoms with E-state index in [4.69, 9.17) is 0 Å². The first-order valence-electron chi connectivity index (χ1n) is 7.94. The first-order chi connectivity index (χ1) is 9.16. The van der Waals surface area contributed by atoms with E-state index in [-0.39, 0.29) is 0 Å². The number of hydrogen-bond donors (Lipinski definition) is 1. The molecule has 0 fully saturated rings. The highest BCUT2D eigenvalue weighted by Crippen LogP contribution is 2.21. The van der Waals surface area contributed by atoms with E-state index in [9.17, 15) is 0 Å². The van der Waals surface area contributed by atoms with Crippen molar-refractivity contribution in [3.63, 3.8) is 0 Å². The average molecular weight is 275 g/mol. The van der Waals surface area contributed by atoms with Gasteiger partial charge in [-0.2, -0.15) is 0 Å². The predicted octanol–water partition coefficient (Wildman–Crippen LogP) is 5.19. The van der Waals surface area contributed by atoms with Crippen molar-refractivity contribution < 1.29 is 0 Å². The molecule has 0 spiro atoms. The van der Waals surface area contributed by atoms with Crippen LogP contribution in [0.2, 0.25) is 0 Å². The molecule has 0 aromatic heterocycles. The monoisotopic (exact) mass is 275 g/mol. The van der Waals surface area contributed by atoms with Gasteiger partial charge in [-0.1, -0.05) is 65.8 Å². The fourth-order valence-corrected chi connectivity index (χ4v) is 2.04. The molecule has 0 aliphatic rings. The maximum atomic E-state index is 3.53. The molecule has 0 bridgehead atoms. The Labute approximate surface area is 126 Å². The maximum absolute atomic E-state index is 3.53. The van der Waals surface area contributed by atoms with Gasteiger partial charge in [0.2, 0.25) is 0 Å². The molecule has 0 amide bonds. The van der Waals surface area contributed by atoms with Gasteiger partial charge in [-0.3, -0.25) is 0 Å².